The van der Waals surface area contributed by atoms with E-state index in [0.717, 1.165) is 39.8 Å². The van der Waals surface area contributed by atoms with Crippen LogP contribution < -0.4 is 10.1 Å². The lowest BCUT2D eigenvalue weighted by Gasteiger charge is -2.10. The molecule has 0 fully saturated rings. The van der Waals surface area contributed by atoms with Crippen LogP contribution in [0.1, 0.15) is 30.3 Å². The first-order valence-electron chi connectivity index (χ1n) is 9.14. The Morgan fingerprint density at radius 1 is 1.37 bits per heavy atom. The summed E-state index contributed by atoms with van der Waals surface area (Å²) in [7, 11) is 0. The van der Waals surface area contributed by atoms with Crippen molar-refractivity contribution in [3.63, 3.8) is 0 Å². The van der Waals surface area contributed by atoms with Gasteiger partial charge in [-0.15, -0.1) is 11.3 Å². The minimum absolute atomic E-state index is 0.132. The molecule has 0 spiro atoms. The number of fused-ring (bicyclic) bond motifs is 3. The average molecular weight is 385 g/mol. The monoisotopic (exact) mass is 385 g/mol. The third kappa shape index (κ3) is 3.60. The van der Waals surface area contributed by atoms with Gasteiger partial charge in [-0.05, 0) is 31.5 Å². The molecule has 142 valence electrons. The molecule has 1 aliphatic rings. The second-order valence-electron chi connectivity index (χ2n) is 6.74. The summed E-state index contributed by atoms with van der Waals surface area (Å²) in [6.07, 6.45) is 2.42. The number of aliphatic hydroxyl groups excluding tert-OH is 1. The van der Waals surface area contributed by atoms with Gasteiger partial charge in [0.1, 0.15) is 12.1 Å². The number of rotatable bonds is 6. The molecular formula is C19H23N5O2S. The maximum Gasteiger partial charge on any atom is 0.187 e. The molecule has 2 aromatic heterocycles. The van der Waals surface area contributed by atoms with Crippen LogP contribution in [0.5, 0.6) is 5.75 Å². The van der Waals surface area contributed by atoms with E-state index in [-0.39, 0.29) is 12.6 Å². The molecule has 0 bridgehead atoms. The number of nitrogens with zero attached hydrogens (tertiary/aromatic N) is 4. The minimum atomic E-state index is 0.132. The van der Waals surface area contributed by atoms with Gasteiger partial charge in [0.2, 0.25) is 0 Å². The van der Waals surface area contributed by atoms with E-state index in [1.165, 1.54) is 4.88 Å². The second-order valence-corrected chi connectivity index (χ2v) is 7.83. The Bertz CT molecular complexity index is 934. The minimum Gasteiger partial charge on any atom is -0.492 e. The summed E-state index contributed by atoms with van der Waals surface area (Å²) in [5.74, 6) is 1.68. The summed E-state index contributed by atoms with van der Waals surface area (Å²) in [5, 5.41) is 17.3. The van der Waals surface area contributed by atoms with Crippen molar-refractivity contribution in [2.45, 2.75) is 32.9 Å². The van der Waals surface area contributed by atoms with Gasteiger partial charge in [0.15, 0.2) is 10.8 Å². The van der Waals surface area contributed by atoms with Gasteiger partial charge in [0.25, 0.3) is 0 Å². The zero-order valence-electron chi connectivity index (χ0n) is 15.5. The van der Waals surface area contributed by atoms with Gasteiger partial charge >= 0.3 is 0 Å². The average Bonchev–Trinajstić information content (AvgIpc) is 3.26. The van der Waals surface area contributed by atoms with E-state index in [2.05, 4.69) is 47.4 Å². The maximum atomic E-state index is 8.91. The molecule has 3 heterocycles. The first-order chi connectivity index (χ1) is 13.2. The zero-order valence-corrected chi connectivity index (χ0v) is 16.3. The molecule has 8 heteroatoms. The van der Waals surface area contributed by atoms with Crippen LogP contribution in [0.4, 0.5) is 0 Å². The number of ether oxygens (including phenoxy) is 1. The molecule has 0 saturated carbocycles. The van der Waals surface area contributed by atoms with Gasteiger partial charge in [0.05, 0.1) is 18.9 Å². The fourth-order valence-corrected chi connectivity index (χ4v) is 4.21. The molecule has 2 N–H and O–H groups in total. The number of hydrogen-bond acceptors (Lipinski definition) is 7. The molecule has 7 nitrogen and oxygen atoms in total. The number of aromatic nitrogens is 4. The van der Waals surface area contributed by atoms with Crippen molar-refractivity contribution in [3.8, 4) is 27.8 Å². The predicted octanol–water partition coefficient (Wildman–Crippen LogP) is 2.67. The van der Waals surface area contributed by atoms with Crippen molar-refractivity contribution in [1.29, 1.82) is 0 Å². The summed E-state index contributed by atoms with van der Waals surface area (Å²) >= 11 is 1.67. The molecule has 27 heavy (non-hydrogen) atoms. The standard InChI is InChI=1S/C19H23N5O2S/c1-12(2)24-18(21-11-22-24)19-23-17-14-4-3-13(10-20-6-7-25)9-15(14)26-8-5-16(17)27-19/h3-4,9,11-12,20,25H,5-8,10H2,1-2H3. The van der Waals surface area contributed by atoms with E-state index in [0.29, 0.717) is 19.7 Å². The Morgan fingerprint density at radius 3 is 3.07 bits per heavy atom. The van der Waals surface area contributed by atoms with E-state index >= 15 is 0 Å². The molecule has 0 saturated heterocycles. The van der Waals surface area contributed by atoms with Gasteiger partial charge in [-0.2, -0.15) is 5.10 Å². The number of nitrogens with one attached hydrogen (secondary N) is 1. The van der Waals surface area contributed by atoms with Crippen LogP contribution in [0, 0.1) is 0 Å². The predicted molar refractivity (Wildman–Crippen MR) is 105 cm³/mol. The SMILES string of the molecule is CC(C)n1ncnc1-c1nc2c(s1)CCOc1cc(CNCCO)ccc1-2. The van der Waals surface area contributed by atoms with Crippen molar-refractivity contribution in [2.24, 2.45) is 0 Å². The molecule has 1 aromatic carbocycles. The van der Waals surface area contributed by atoms with Gasteiger partial charge in [0, 0.05) is 36.0 Å². The van der Waals surface area contributed by atoms with Crippen molar-refractivity contribution in [2.75, 3.05) is 19.8 Å². The molecule has 0 amide bonds. The number of hydrogen-bond donors (Lipinski definition) is 2. The summed E-state index contributed by atoms with van der Waals surface area (Å²) in [6.45, 7) is 6.22. The van der Waals surface area contributed by atoms with Crippen molar-refractivity contribution < 1.29 is 9.84 Å². The molecule has 0 unspecified atom stereocenters. The molecule has 4 rings (SSSR count). The van der Waals surface area contributed by atoms with Gasteiger partial charge in [-0.25, -0.2) is 14.6 Å². The fourth-order valence-electron chi connectivity index (χ4n) is 3.17. The fraction of sp³-hybridized carbons (Fsp3) is 0.421. The van der Waals surface area contributed by atoms with E-state index in [1.54, 1.807) is 17.7 Å². The van der Waals surface area contributed by atoms with Crippen molar-refractivity contribution in [1.82, 2.24) is 25.1 Å². The van der Waals surface area contributed by atoms with Gasteiger partial charge < -0.3 is 15.2 Å². The van der Waals surface area contributed by atoms with Crippen LogP contribution in [0.15, 0.2) is 24.5 Å². The van der Waals surface area contributed by atoms with Crippen LogP contribution in [-0.4, -0.2) is 44.6 Å². The summed E-state index contributed by atoms with van der Waals surface area (Å²) < 4.78 is 7.89. The molecular weight excluding hydrogens is 362 g/mol. The molecule has 0 atom stereocenters. The molecule has 0 aliphatic carbocycles. The van der Waals surface area contributed by atoms with Gasteiger partial charge in [-0.1, -0.05) is 6.07 Å². The lowest BCUT2D eigenvalue weighted by molar-refractivity contribution is 0.292. The third-order valence-electron chi connectivity index (χ3n) is 4.46. The largest absolute Gasteiger partial charge is 0.492 e. The number of aliphatic hydroxyl groups is 1. The Hall–Kier alpha value is -2.29. The maximum absolute atomic E-state index is 8.91. The first-order valence-corrected chi connectivity index (χ1v) is 9.96. The lowest BCUT2D eigenvalue weighted by atomic mass is 10.1. The highest BCUT2D eigenvalue weighted by atomic mass is 32.1. The van der Waals surface area contributed by atoms with Crippen LogP contribution in [0.3, 0.4) is 0 Å². The quantitative estimate of drug-likeness (QED) is 0.635. The second kappa shape index (κ2) is 7.75. The summed E-state index contributed by atoms with van der Waals surface area (Å²) in [4.78, 5) is 10.6. The van der Waals surface area contributed by atoms with Gasteiger partial charge in [-0.3, -0.25) is 0 Å². The van der Waals surface area contributed by atoms with Crippen LogP contribution in [0.2, 0.25) is 0 Å². The molecule has 1 aliphatic heterocycles. The number of benzene rings is 1. The van der Waals surface area contributed by atoms with E-state index in [4.69, 9.17) is 14.8 Å². The molecule has 0 radical (unpaired) electrons. The van der Waals surface area contributed by atoms with Crippen molar-refractivity contribution in [3.05, 3.63) is 35.0 Å². The lowest BCUT2D eigenvalue weighted by Crippen LogP contribution is -2.17. The third-order valence-corrected chi connectivity index (χ3v) is 5.57. The van der Waals surface area contributed by atoms with E-state index in [1.807, 2.05) is 4.68 Å². The normalized spacial score (nSPS) is 13.2. The van der Waals surface area contributed by atoms with Crippen LogP contribution in [-0.2, 0) is 13.0 Å². The first kappa shape index (κ1) is 18.1. The van der Waals surface area contributed by atoms with E-state index in [9.17, 15) is 0 Å². The highest BCUT2D eigenvalue weighted by Crippen LogP contribution is 2.40. The Kier molecular flexibility index (Phi) is 5.20. The van der Waals surface area contributed by atoms with Crippen molar-refractivity contribution >= 4 is 11.3 Å². The number of thiazole rings is 1. The smallest absolute Gasteiger partial charge is 0.187 e. The highest BCUT2D eigenvalue weighted by molar-refractivity contribution is 7.15. The topological polar surface area (TPSA) is 85.1 Å². The Morgan fingerprint density at radius 2 is 2.26 bits per heavy atom. The van der Waals surface area contributed by atoms with Crippen LogP contribution in [0.25, 0.3) is 22.1 Å². The highest BCUT2D eigenvalue weighted by Gasteiger charge is 2.23. The summed E-state index contributed by atoms with van der Waals surface area (Å²) in [6, 6.07) is 6.45. The summed E-state index contributed by atoms with van der Waals surface area (Å²) in [5.41, 5.74) is 3.13. The van der Waals surface area contributed by atoms with Crippen LogP contribution >= 0.6 is 11.3 Å². The zero-order chi connectivity index (χ0) is 18.8. The Balaban J connectivity index is 1.69. The van der Waals surface area contributed by atoms with E-state index < -0.39 is 0 Å². The Labute approximate surface area is 162 Å². The molecule has 3 aromatic rings.